The Bertz CT molecular complexity index is 660. The number of halogens is 3. The fraction of sp³-hybridized carbons (Fsp3) is 0.412. The second-order valence-electron chi connectivity index (χ2n) is 5.97. The Morgan fingerprint density at radius 1 is 1.04 bits per heavy atom. The number of hydrogen-bond acceptors (Lipinski definition) is 4. The van der Waals surface area contributed by atoms with Gasteiger partial charge in [-0.25, -0.2) is 9.97 Å². The highest BCUT2D eigenvalue weighted by Gasteiger charge is 2.30. The van der Waals surface area contributed by atoms with Crippen LogP contribution in [-0.4, -0.2) is 29.1 Å². The number of anilines is 2. The minimum Gasteiger partial charge on any atom is -0.382 e. The highest BCUT2D eigenvalue weighted by Crippen LogP contribution is 2.30. The number of alkyl halides is 3. The standard InChI is InChI=1S/C17H19F3N4/c1-12-21-10-16(11-22-12)24-8-6-15(7-9-24)23-14-4-2-13(3-5-14)17(18,19)20/h2-5,10-11,15,23H,6-9H2,1H3. The first-order valence-corrected chi connectivity index (χ1v) is 7.89. The number of rotatable bonds is 3. The molecule has 0 aliphatic carbocycles. The number of nitrogens with zero attached hydrogens (tertiary/aromatic N) is 3. The number of aryl methyl sites for hydroxylation is 1. The number of aromatic nitrogens is 2. The molecule has 0 bridgehead atoms. The van der Waals surface area contributed by atoms with Gasteiger partial charge < -0.3 is 10.2 Å². The summed E-state index contributed by atoms with van der Waals surface area (Å²) in [7, 11) is 0. The molecule has 2 aromatic rings. The highest BCUT2D eigenvalue weighted by molar-refractivity contribution is 5.47. The number of piperidine rings is 1. The van der Waals surface area contributed by atoms with E-state index in [1.807, 2.05) is 19.3 Å². The van der Waals surface area contributed by atoms with Crippen molar-refractivity contribution in [2.45, 2.75) is 32.0 Å². The second kappa shape index (κ2) is 6.67. The molecular weight excluding hydrogens is 317 g/mol. The molecule has 1 N–H and O–H groups in total. The molecule has 7 heteroatoms. The first-order valence-electron chi connectivity index (χ1n) is 7.89. The van der Waals surface area contributed by atoms with Crippen molar-refractivity contribution in [3.05, 3.63) is 48.0 Å². The van der Waals surface area contributed by atoms with Gasteiger partial charge in [-0.2, -0.15) is 13.2 Å². The zero-order valence-corrected chi connectivity index (χ0v) is 13.3. The molecule has 1 aromatic heterocycles. The van der Waals surface area contributed by atoms with Crippen molar-refractivity contribution in [1.82, 2.24) is 9.97 Å². The lowest BCUT2D eigenvalue weighted by Crippen LogP contribution is -2.39. The number of hydrogen-bond donors (Lipinski definition) is 1. The van der Waals surface area contributed by atoms with Crippen LogP contribution < -0.4 is 10.2 Å². The van der Waals surface area contributed by atoms with Crippen LogP contribution in [0.25, 0.3) is 0 Å². The molecule has 4 nitrogen and oxygen atoms in total. The summed E-state index contributed by atoms with van der Waals surface area (Å²) >= 11 is 0. The largest absolute Gasteiger partial charge is 0.416 e. The van der Waals surface area contributed by atoms with Gasteiger partial charge in [0.1, 0.15) is 5.82 Å². The topological polar surface area (TPSA) is 41.1 Å². The molecule has 0 radical (unpaired) electrons. The van der Waals surface area contributed by atoms with Gasteiger partial charge in [0.2, 0.25) is 0 Å². The van der Waals surface area contributed by atoms with Gasteiger partial charge in [-0.1, -0.05) is 0 Å². The molecule has 2 heterocycles. The van der Waals surface area contributed by atoms with Crippen molar-refractivity contribution in [3.8, 4) is 0 Å². The van der Waals surface area contributed by atoms with Gasteiger partial charge >= 0.3 is 6.18 Å². The first kappa shape index (κ1) is 16.5. The Morgan fingerprint density at radius 2 is 1.62 bits per heavy atom. The van der Waals surface area contributed by atoms with Crippen LogP contribution >= 0.6 is 0 Å². The van der Waals surface area contributed by atoms with Crippen LogP contribution in [0.15, 0.2) is 36.7 Å². The summed E-state index contributed by atoms with van der Waals surface area (Å²) in [6.45, 7) is 3.58. The molecule has 1 aliphatic heterocycles. The van der Waals surface area contributed by atoms with E-state index in [0.29, 0.717) is 0 Å². The Labute approximate surface area is 138 Å². The molecule has 3 rings (SSSR count). The molecular formula is C17H19F3N4. The van der Waals surface area contributed by atoms with E-state index in [1.54, 1.807) is 0 Å². The van der Waals surface area contributed by atoms with Crippen LogP contribution in [0.3, 0.4) is 0 Å². The maximum atomic E-state index is 12.6. The smallest absolute Gasteiger partial charge is 0.382 e. The summed E-state index contributed by atoms with van der Waals surface area (Å²) in [5.41, 5.74) is 1.11. The highest BCUT2D eigenvalue weighted by atomic mass is 19.4. The fourth-order valence-electron chi connectivity index (χ4n) is 2.82. The van der Waals surface area contributed by atoms with E-state index >= 15 is 0 Å². The second-order valence-corrected chi connectivity index (χ2v) is 5.97. The monoisotopic (exact) mass is 336 g/mol. The number of benzene rings is 1. The zero-order valence-electron chi connectivity index (χ0n) is 13.3. The van der Waals surface area contributed by atoms with Crippen LogP contribution in [0.4, 0.5) is 24.5 Å². The minimum absolute atomic E-state index is 0.254. The van der Waals surface area contributed by atoms with Gasteiger partial charge in [0.15, 0.2) is 0 Å². The van der Waals surface area contributed by atoms with Crippen LogP contribution in [0, 0.1) is 6.92 Å². The summed E-state index contributed by atoms with van der Waals surface area (Å²) in [6, 6.07) is 5.46. The molecule has 1 fully saturated rings. The predicted molar refractivity (Wildman–Crippen MR) is 87.1 cm³/mol. The average Bonchev–Trinajstić information content (AvgIpc) is 2.56. The van der Waals surface area contributed by atoms with Gasteiger partial charge in [0.25, 0.3) is 0 Å². The molecule has 1 aromatic carbocycles. The molecule has 128 valence electrons. The lowest BCUT2D eigenvalue weighted by molar-refractivity contribution is -0.137. The van der Waals surface area contributed by atoms with E-state index in [-0.39, 0.29) is 6.04 Å². The third-order valence-corrected chi connectivity index (χ3v) is 4.21. The SMILES string of the molecule is Cc1ncc(N2CCC(Nc3ccc(C(F)(F)F)cc3)CC2)cn1. The van der Waals surface area contributed by atoms with E-state index in [2.05, 4.69) is 20.2 Å². The van der Waals surface area contributed by atoms with E-state index in [9.17, 15) is 13.2 Å². The zero-order chi connectivity index (χ0) is 17.2. The third kappa shape index (κ3) is 3.96. The molecule has 24 heavy (non-hydrogen) atoms. The Kier molecular flexibility index (Phi) is 4.59. The van der Waals surface area contributed by atoms with Crippen molar-refractivity contribution in [2.75, 3.05) is 23.3 Å². The normalized spacial score (nSPS) is 16.2. The molecule has 0 spiro atoms. The minimum atomic E-state index is -4.29. The summed E-state index contributed by atoms with van der Waals surface area (Å²) in [4.78, 5) is 10.6. The molecule has 1 aliphatic rings. The Morgan fingerprint density at radius 3 is 2.17 bits per heavy atom. The Balaban J connectivity index is 1.54. The van der Waals surface area contributed by atoms with Crippen molar-refractivity contribution in [2.24, 2.45) is 0 Å². The van der Waals surface area contributed by atoms with Crippen molar-refractivity contribution >= 4 is 11.4 Å². The molecule has 0 atom stereocenters. The van der Waals surface area contributed by atoms with Crippen molar-refractivity contribution < 1.29 is 13.2 Å². The first-order chi connectivity index (χ1) is 11.4. The van der Waals surface area contributed by atoms with Crippen LogP contribution in [0.2, 0.25) is 0 Å². The van der Waals surface area contributed by atoms with Crippen LogP contribution in [0.5, 0.6) is 0 Å². The maximum Gasteiger partial charge on any atom is 0.416 e. The maximum absolute atomic E-state index is 12.6. The number of nitrogens with one attached hydrogen (secondary N) is 1. The van der Waals surface area contributed by atoms with E-state index in [4.69, 9.17) is 0 Å². The van der Waals surface area contributed by atoms with E-state index in [1.165, 1.54) is 12.1 Å². The van der Waals surface area contributed by atoms with Gasteiger partial charge in [-0.05, 0) is 44.0 Å². The van der Waals surface area contributed by atoms with Crippen LogP contribution in [0.1, 0.15) is 24.2 Å². The average molecular weight is 336 g/mol. The molecule has 0 saturated carbocycles. The fourth-order valence-corrected chi connectivity index (χ4v) is 2.82. The Hall–Kier alpha value is -2.31. The van der Waals surface area contributed by atoms with Crippen LogP contribution in [-0.2, 0) is 6.18 Å². The van der Waals surface area contributed by atoms with Gasteiger partial charge in [0, 0.05) is 24.8 Å². The summed E-state index contributed by atoms with van der Waals surface area (Å²) in [6.07, 6.45) is 1.18. The quantitative estimate of drug-likeness (QED) is 0.923. The van der Waals surface area contributed by atoms with Crippen molar-refractivity contribution in [3.63, 3.8) is 0 Å². The van der Waals surface area contributed by atoms with Gasteiger partial charge in [-0.15, -0.1) is 0 Å². The van der Waals surface area contributed by atoms with Crippen molar-refractivity contribution in [1.29, 1.82) is 0 Å². The summed E-state index contributed by atoms with van der Waals surface area (Å²) in [5.74, 6) is 0.748. The summed E-state index contributed by atoms with van der Waals surface area (Å²) in [5, 5.41) is 3.32. The van der Waals surface area contributed by atoms with E-state index < -0.39 is 11.7 Å². The predicted octanol–water partition coefficient (Wildman–Crippen LogP) is 3.88. The molecule has 1 saturated heterocycles. The van der Waals surface area contributed by atoms with E-state index in [0.717, 1.165) is 55.3 Å². The summed E-state index contributed by atoms with van der Waals surface area (Å²) < 4.78 is 37.7. The molecule has 0 unspecified atom stereocenters. The van der Waals surface area contributed by atoms with Gasteiger partial charge in [0.05, 0.1) is 23.6 Å². The third-order valence-electron chi connectivity index (χ3n) is 4.21. The van der Waals surface area contributed by atoms with Gasteiger partial charge in [-0.3, -0.25) is 0 Å². The molecule has 0 amide bonds. The lowest BCUT2D eigenvalue weighted by Gasteiger charge is -2.34. The lowest BCUT2D eigenvalue weighted by atomic mass is 10.0.